The molecule has 0 aliphatic heterocycles. The quantitative estimate of drug-likeness (QED) is 0.646. The van der Waals surface area contributed by atoms with Crippen molar-refractivity contribution >= 4 is 44.6 Å². The maximum Gasteiger partial charge on any atom is 0.272 e. The zero-order valence-corrected chi connectivity index (χ0v) is 13.6. The lowest BCUT2D eigenvalue weighted by molar-refractivity contribution is 0.0962. The van der Waals surface area contributed by atoms with E-state index in [9.17, 15) is 13.2 Å². The van der Waals surface area contributed by atoms with E-state index < -0.39 is 15.7 Å². The topological polar surface area (TPSA) is 88.2 Å². The molecule has 0 atom stereocenters. The minimum atomic E-state index is -3.26. The molecular formula is C13H11Cl2N3O3S. The number of nitrogens with one attached hydrogen (secondary N) is 2. The summed E-state index contributed by atoms with van der Waals surface area (Å²) in [4.78, 5) is 15.9. The molecule has 0 saturated carbocycles. The first kappa shape index (κ1) is 16.5. The maximum absolute atomic E-state index is 11.9. The van der Waals surface area contributed by atoms with Gasteiger partial charge in [0.15, 0.2) is 9.84 Å². The smallest absolute Gasteiger partial charge is 0.272 e. The van der Waals surface area contributed by atoms with E-state index in [1.165, 1.54) is 36.5 Å². The summed E-state index contributed by atoms with van der Waals surface area (Å²) in [6.07, 6.45) is 2.38. The number of pyridine rings is 1. The van der Waals surface area contributed by atoms with Crippen molar-refractivity contribution in [2.24, 2.45) is 0 Å². The predicted molar refractivity (Wildman–Crippen MR) is 84.9 cm³/mol. The van der Waals surface area contributed by atoms with E-state index in [0.29, 0.717) is 5.69 Å². The molecule has 22 heavy (non-hydrogen) atoms. The van der Waals surface area contributed by atoms with Crippen molar-refractivity contribution in [3.63, 3.8) is 0 Å². The molecule has 9 heteroatoms. The third kappa shape index (κ3) is 4.09. The average molecular weight is 360 g/mol. The van der Waals surface area contributed by atoms with Crippen LogP contribution in [-0.2, 0) is 9.84 Å². The Hall–Kier alpha value is -1.83. The molecule has 1 heterocycles. The average Bonchev–Trinajstić information content (AvgIpc) is 2.44. The van der Waals surface area contributed by atoms with E-state index in [-0.39, 0.29) is 20.6 Å². The number of sulfone groups is 1. The van der Waals surface area contributed by atoms with E-state index in [1.54, 1.807) is 0 Å². The fourth-order valence-electron chi connectivity index (χ4n) is 1.56. The van der Waals surface area contributed by atoms with Crippen LogP contribution in [0.1, 0.15) is 10.4 Å². The van der Waals surface area contributed by atoms with Gasteiger partial charge >= 0.3 is 0 Å². The summed E-state index contributed by atoms with van der Waals surface area (Å²) in [6, 6.07) is 7.27. The second-order valence-corrected chi connectivity index (χ2v) is 7.17. The first-order chi connectivity index (χ1) is 10.3. The van der Waals surface area contributed by atoms with Gasteiger partial charge in [0.25, 0.3) is 5.91 Å². The van der Waals surface area contributed by atoms with Gasteiger partial charge in [-0.25, -0.2) is 13.4 Å². The van der Waals surface area contributed by atoms with E-state index in [1.807, 2.05) is 0 Å². The van der Waals surface area contributed by atoms with Crippen molar-refractivity contribution in [3.05, 3.63) is 52.3 Å². The van der Waals surface area contributed by atoms with Crippen LogP contribution in [0.5, 0.6) is 0 Å². The minimum Gasteiger partial charge on any atom is -0.298 e. The number of hydrazine groups is 1. The minimum absolute atomic E-state index is 0.159. The van der Waals surface area contributed by atoms with Crippen molar-refractivity contribution in [2.45, 2.75) is 4.90 Å². The predicted octanol–water partition coefficient (Wildman–Crippen LogP) is 2.55. The summed E-state index contributed by atoms with van der Waals surface area (Å²) in [5.74, 6) is -0.499. The molecule has 0 spiro atoms. The van der Waals surface area contributed by atoms with Gasteiger partial charge in [-0.3, -0.25) is 15.6 Å². The Morgan fingerprint density at radius 1 is 1.18 bits per heavy atom. The van der Waals surface area contributed by atoms with Gasteiger partial charge in [0.2, 0.25) is 0 Å². The summed E-state index contributed by atoms with van der Waals surface area (Å²) >= 11 is 11.6. The molecule has 116 valence electrons. The first-order valence-corrected chi connectivity index (χ1v) is 8.59. The second-order valence-electron chi connectivity index (χ2n) is 4.36. The van der Waals surface area contributed by atoms with Crippen LogP contribution in [0.3, 0.4) is 0 Å². The Balaban J connectivity index is 2.05. The van der Waals surface area contributed by atoms with Gasteiger partial charge in [-0.05, 0) is 30.3 Å². The van der Waals surface area contributed by atoms with Crippen LogP contribution in [0, 0.1) is 0 Å². The van der Waals surface area contributed by atoms with E-state index in [4.69, 9.17) is 23.2 Å². The highest BCUT2D eigenvalue weighted by Gasteiger charge is 2.11. The molecule has 0 fully saturated rings. The fourth-order valence-corrected chi connectivity index (χ4v) is 2.64. The van der Waals surface area contributed by atoms with Crippen molar-refractivity contribution in [1.82, 2.24) is 10.4 Å². The lowest BCUT2D eigenvalue weighted by Gasteiger charge is -2.09. The Morgan fingerprint density at radius 2 is 1.82 bits per heavy atom. The monoisotopic (exact) mass is 359 g/mol. The highest BCUT2D eigenvalue weighted by Crippen LogP contribution is 2.18. The van der Waals surface area contributed by atoms with Crippen molar-refractivity contribution in [3.8, 4) is 0 Å². The molecule has 2 N–H and O–H groups in total. The standard InChI is InChI=1S/C13H11Cl2N3O3S/c1-22(20,21)9-4-2-8(3-5-9)17-18-13(19)10-7-16-12(15)6-11(10)14/h2-7,17H,1H3,(H,18,19). The van der Waals surface area contributed by atoms with Crippen LogP contribution < -0.4 is 10.9 Å². The largest absolute Gasteiger partial charge is 0.298 e. The van der Waals surface area contributed by atoms with E-state index in [0.717, 1.165) is 6.26 Å². The third-order valence-electron chi connectivity index (χ3n) is 2.67. The molecule has 1 amide bonds. The third-order valence-corrected chi connectivity index (χ3v) is 4.32. The Labute approximate surface area is 137 Å². The number of carbonyl (C=O) groups is 1. The molecule has 2 rings (SSSR count). The molecule has 0 saturated heterocycles. The van der Waals surface area contributed by atoms with Crippen LogP contribution in [0.4, 0.5) is 5.69 Å². The Kier molecular flexibility index (Phi) is 4.90. The van der Waals surface area contributed by atoms with E-state index >= 15 is 0 Å². The molecule has 0 bridgehead atoms. The zero-order valence-electron chi connectivity index (χ0n) is 11.3. The highest BCUT2D eigenvalue weighted by atomic mass is 35.5. The molecular weight excluding hydrogens is 349 g/mol. The van der Waals surface area contributed by atoms with Crippen LogP contribution in [0.25, 0.3) is 0 Å². The van der Waals surface area contributed by atoms with Crippen molar-refractivity contribution < 1.29 is 13.2 Å². The van der Waals surface area contributed by atoms with Crippen LogP contribution in [-0.4, -0.2) is 25.6 Å². The molecule has 0 aliphatic carbocycles. The molecule has 0 aliphatic rings. The summed E-state index contributed by atoms with van der Waals surface area (Å²) in [6.45, 7) is 0. The van der Waals surface area contributed by atoms with Gasteiger partial charge in [-0.15, -0.1) is 0 Å². The number of nitrogens with zero attached hydrogens (tertiary/aromatic N) is 1. The summed E-state index contributed by atoms with van der Waals surface area (Å²) in [5, 5.41) is 0.359. The molecule has 1 aromatic carbocycles. The lowest BCUT2D eigenvalue weighted by Crippen LogP contribution is -2.29. The van der Waals surface area contributed by atoms with Gasteiger partial charge in [0, 0.05) is 12.5 Å². The molecule has 1 aromatic heterocycles. The number of anilines is 1. The maximum atomic E-state index is 11.9. The lowest BCUT2D eigenvalue weighted by atomic mass is 10.3. The fraction of sp³-hybridized carbons (Fsp3) is 0.0769. The summed E-state index contributed by atoms with van der Waals surface area (Å²) < 4.78 is 22.7. The van der Waals surface area contributed by atoms with Gasteiger partial charge in [-0.2, -0.15) is 0 Å². The normalized spacial score (nSPS) is 11.0. The SMILES string of the molecule is CS(=O)(=O)c1ccc(NNC(=O)c2cnc(Cl)cc2Cl)cc1. The number of halogens is 2. The number of hydrogen-bond acceptors (Lipinski definition) is 5. The second kappa shape index (κ2) is 6.51. The number of hydrogen-bond donors (Lipinski definition) is 2. The molecule has 6 nitrogen and oxygen atoms in total. The Morgan fingerprint density at radius 3 is 2.36 bits per heavy atom. The van der Waals surface area contributed by atoms with Gasteiger partial charge in [0.1, 0.15) is 5.15 Å². The van der Waals surface area contributed by atoms with Gasteiger partial charge in [-0.1, -0.05) is 23.2 Å². The summed E-state index contributed by atoms with van der Waals surface area (Å²) in [5.41, 5.74) is 5.75. The highest BCUT2D eigenvalue weighted by molar-refractivity contribution is 7.90. The van der Waals surface area contributed by atoms with Gasteiger partial charge in [0.05, 0.1) is 21.2 Å². The van der Waals surface area contributed by atoms with Crippen LogP contribution >= 0.6 is 23.2 Å². The zero-order chi connectivity index (χ0) is 16.3. The number of benzene rings is 1. The summed E-state index contributed by atoms with van der Waals surface area (Å²) in [7, 11) is -3.26. The van der Waals surface area contributed by atoms with Crippen LogP contribution in [0.15, 0.2) is 41.4 Å². The number of amides is 1. The molecule has 0 unspecified atom stereocenters. The van der Waals surface area contributed by atoms with Crippen molar-refractivity contribution in [2.75, 3.05) is 11.7 Å². The number of rotatable bonds is 4. The molecule has 0 radical (unpaired) electrons. The van der Waals surface area contributed by atoms with Crippen molar-refractivity contribution in [1.29, 1.82) is 0 Å². The van der Waals surface area contributed by atoms with E-state index in [2.05, 4.69) is 15.8 Å². The Bertz CT molecular complexity index is 808. The number of carbonyl (C=O) groups excluding carboxylic acids is 1. The first-order valence-electron chi connectivity index (χ1n) is 5.95. The number of aromatic nitrogens is 1. The van der Waals surface area contributed by atoms with Crippen LogP contribution in [0.2, 0.25) is 10.2 Å². The van der Waals surface area contributed by atoms with Gasteiger partial charge < -0.3 is 0 Å². The molecule has 2 aromatic rings.